The zero-order valence-corrected chi connectivity index (χ0v) is 19.6. The summed E-state index contributed by atoms with van der Waals surface area (Å²) in [5.41, 5.74) is -0.483. The maximum absolute atomic E-state index is 14.2. The number of likely N-dealkylation sites (tertiary alicyclic amines) is 1. The van der Waals surface area contributed by atoms with Crippen LogP contribution >= 0.6 is 22.6 Å². The van der Waals surface area contributed by atoms with Crippen molar-refractivity contribution in [1.82, 2.24) is 10.2 Å². The molecule has 0 radical (unpaired) electrons. The number of benzene rings is 2. The van der Waals surface area contributed by atoms with Gasteiger partial charge in [0.05, 0.1) is 11.6 Å². The van der Waals surface area contributed by atoms with Crippen molar-refractivity contribution >= 4 is 34.4 Å². The Kier molecular flexibility index (Phi) is 5.65. The van der Waals surface area contributed by atoms with Gasteiger partial charge < -0.3 is 10.2 Å². The summed E-state index contributed by atoms with van der Waals surface area (Å²) in [7, 11) is 0. The smallest absolute Gasteiger partial charge is 0.347 e. The van der Waals surface area contributed by atoms with Crippen molar-refractivity contribution in [3.05, 3.63) is 68.5 Å². The largest absolute Gasteiger partial charge is 0.419 e. The number of alkyl halides is 3. The van der Waals surface area contributed by atoms with Crippen LogP contribution in [0, 0.1) is 21.2 Å². The molecular formula is C24H21F4IN2O2. The first kappa shape index (κ1) is 22.6. The molecule has 3 fully saturated rings. The van der Waals surface area contributed by atoms with Crippen LogP contribution in [0.4, 0.5) is 17.6 Å². The number of rotatable bonds is 5. The first-order valence-electron chi connectivity index (χ1n) is 10.9. The average Bonchev–Trinajstić information content (AvgIpc) is 3.68. The second kappa shape index (κ2) is 8.25. The highest BCUT2D eigenvalue weighted by Gasteiger charge is 2.56. The van der Waals surface area contributed by atoms with Gasteiger partial charge in [0, 0.05) is 15.2 Å². The number of carbonyl (C=O) groups excluding carboxylic acids is 2. The Morgan fingerprint density at radius 2 is 1.85 bits per heavy atom. The SMILES string of the molecule is O=C(NC(c1ccc(C(F)(F)F)c(F)c1)C1CC1)[C@H]1C[C@H]2C[C@H]2N1C(=O)c1cccc(I)c1. The van der Waals surface area contributed by atoms with Crippen LogP contribution in [-0.2, 0) is 11.0 Å². The second-order valence-corrected chi connectivity index (χ2v) is 10.3. The summed E-state index contributed by atoms with van der Waals surface area (Å²) in [5.74, 6) is -1.55. The fourth-order valence-corrected chi connectivity index (χ4v) is 5.40. The van der Waals surface area contributed by atoms with Crippen molar-refractivity contribution in [3.8, 4) is 0 Å². The highest BCUT2D eigenvalue weighted by atomic mass is 127. The summed E-state index contributed by atoms with van der Waals surface area (Å²) >= 11 is 2.13. The summed E-state index contributed by atoms with van der Waals surface area (Å²) in [4.78, 5) is 28.1. The molecule has 3 aliphatic rings. The van der Waals surface area contributed by atoms with E-state index in [4.69, 9.17) is 0 Å². The van der Waals surface area contributed by atoms with Gasteiger partial charge in [0.1, 0.15) is 11.9 Å². The molecule has 1 heterocycles. The summed E-state index contributed by atoms with van der Waals surface area (Å²) in [6.45, 7) is 0. The monoisotopic (exact) mass is 572 g/mol. The third kappa shape index (κ3) is 4.48. The van der Waals surface area contributed by atoms with E-state index in [1.54, 1.807) is 23.1 Å². The van der Waals surface area contributed by atoms with Crippen molar-refractivity contribution in [3.63, 3.8) is 0 Å². The molecule has 4 atom stereocenters. The molecule has 2 saturated carbocycles. The van der Waals surface area contributed by atoms with Crippen LogP contribution in [0.2, 0.25) is 0 Å². The number of hydrogen-bond acceptors (Lipinski definition) is 2. The summed E-state index contributed by atoms with van der Waals surface area (Å²) in [6.07, 6.45) is -1.74. The number of fused-ring (bicyclic) bond motifs is 1. The molecule has 2 amide bonds. The zero-order valence-electron chi connectivity index (χ0n) is 17.4. The molecule has 2 aromatic rings. The molecule has 2 aromatic carbocycles. The lowest BCUT2D eigenvalue weighted by molar-refractivity contribution is -0.140. The molecule has 1 saturated heterocycles. The first-order valence-corrected chi connectivity index (χ1v) is 12.0. The number of hydrogen-bond donors (Lipinski definition) is 1. The van der Waals surface area contributed by atoms with Gasteiger partial charge in [-0.3, -0.25) is 9.59 Å². The molecule has 0 spiro atoms. The van der Waals surface area contributed by atoms with Crippen LogP contribution in [-0.4, -0.2) is 28.8 Å². The minimum absolute atomic E-state index is 0.0361. The van der Waals surface area contributed by atoms with E-state index in [1.807, 2.05) is 6.07 Å². The Morgan fingerprint density at radius 3 is 2.48 bits per heavy atom. The van der Waals surface area contributed by atoms with E-state index in [1.165, 1.54) is 6.07 Å². The highest BCUT2D eigenvalue weighted by Crippen LogP contribution is 2.49. The number of nitrogens with zero attached hydrogens (tertiary/aromatic N) is 1. The molecule has 2 aliphatic carbocycles. The van der Waals surface area contributed by atoms with Gasteiger partial charge in [-0.1, -0.05) is 12.1 Å². The van der Waals surface area contributed by atoms with E-state index in [9.17, 15) is 27.2 Å². The number of piperidine rings is 1. The van der Waals surface area contributed by atoms with E-state index in [0.717, 1.165) is 35.0 Å². The predicted octanol–water partition coefficient (Wildman–Crippen LogP) is 5.32. The van der Waals surface area contributed by atoms with Gasteiger partial charge in [0.2, 0.25) is 5.91 Å². The Bertz CT molecular complexity index is 1120. The second-order valence-electron chi connectivity index (χ2n) is 9.10. The Labute approximate surface area is 201 Å². The van der Waals surface area contributed by atoms with Crippen LogP contribution in [0.15, 0.2) is 42.5 Å². The minimum atomic E-state index is -4.78. The lowest BCUT2D eigenvalue weighted by Crippen LogP contribution is -2.49. The lowest BCUT2D eigenvalue weighted by atomic mass is 9.99. The van der Waals surface area contributed by atoms with Crippen molar-refractivity contribution in [2.24, 2.45) is 11.8 Å². The van der Waals surface area contributed by atoms with Crippen LogP contribution in [0.3, 0.4) is 0 Å². The van der Waals surface area contributed by atoms with E-state index in [-0.39, 0.29) is 29.7 Å². The fraction of sp³-hybridized carbons (Fsp3) is 0.417. The normalized spacial score (nSPS) is 24.9. The quantitative estimate of drug-likeness (QED) is 0.390. The van der Waals surface area contributed by atoms with Crippen molar-refractivity contribution < 1.29 is 27.2 Å². The standard InChI is InChI=1S/C24H21F4IN2O2/c25-18-9-13(6-7-17(18)24(26,27)28)21(12-4-5-12)30-22(32)20-11-15-10-19(15)31(20)23(33)14-2-1-3-16(29)8-14/h1-3,6-9,12,15,19-21H,4-5,10-11H2,(H,30,32)/t15-,19-,20-,21?/m1/s1. The van der Waals surface area contributed by atoms with E-state index >= 15 is 0 Å². The van der Waals surface area contributed by atoms with Gasteiger partial charge >= 0.3 is 6.18 Å². The maximum atomic E-state index is 14.2. The van der Waals surface area contributed by atoms with E-state index < -0.39 is 29.6 Å². The van der Waals surface area contributed by atoms with Gasteiger partial charge in [-0.15, -0.1) is 0 Å². The van der Waals surface area contributed by atoms with Gasteiger partial charge in [0.15, 0.2) is 0 Å². The third-order valence-electron chi connectivity index (χ3n) is 6.76. The van der Waals surface area contributed by atoms with Crippen molar-refractivity contribution in [1.29, 1.82) is 0 Å². The number of halogens is 5. The molecule has 1 unspecified atom stereocenters. The maximum Gasteiger partial charge on any atom is 0.419 e. The molecular weight excluding hydrogens is 551 g/mol. The summed E-state index contributed by atoms with van der Waals surface area (Å²) in [6, 6.07) is 8.84. The van der Waals surface area contributed by atoms with Crippen LogP contribution in [0.5, 0.6) is 0 Å². The highest BCUT2D eigenvalue weighted by molar-refractivity contribution is 14.1. The Morgan fingerprint density at radius 1 is 1.09 bits per heavy atom. The van der Waals surface area contributed by atoms with Gasteiger partial charge in [-0.2, -0.15) is 13.2 Å². The van der Waals surface area contributed by atoms with Crippen LogP contribution < -0.4 is 5.32 Å². The van der Waals surface area contributed by atoms with Gasteiger partial charge in [-0.05, 0) is 96.0 Å². The van der Waals surface area contributed by atoms with E-state index in [0.29, 0.717) is 17.5 Å². The first-order chi connectivity index (χ1) is 15.6. The average molecular weight is 572 g/mol. The van der Waals surface area contributed by atoms with Crippen LogP contribution in [0.1, 0.15) is 53.2 Å². The Balaban J connectivity index is 1.36. The topological polar surface area (TPSA) is 49.4 Å². The molecule has 174 valence electrons. The molecule has 4 nitrogen and oxygen atoms in total. The number of carbonyl (C=O) groups is 2. The summed E-state index contributed by atoms with van der Waals surface area (Å²) in [5, 5.41) is 2.93. The predicted molar refractivity (Wildman–Crippen MR) is 121 cm³/mol. The van der Waals surface area contributed by atoms with Crippen molar-refractivity contribution in [2.45, 2.75) is 50.0 Å². The third-order valence-corrected chi connectivity index (χ3v) is 7.43. The molecule has 1 N–H and O–H groups in total. The Hall–Kier alpha value is -2.17. The van der Waals surface area contributed by atoms with Gasteiger partial charge in [-0.25, -0.2) is 4.39 Å². The molecule has 9 heteroatoms. The van der Waals surface area contributed by atoms with Gasteiger partial charge in [0.25, 0.3) is 5.91 Å². The molecule has 1 aliphatic heterocycles. The van der Waals surface area contributed by atoms with E-state index in [2.05, 4.69) is 27.9 Å². The minimum Gasteiger partial charge on any atom is -0.347 e. The zero-order chi connectivity index (χ0) is 23.5. The lowest BCUT2D eigenvalue weighted by Gasteiger charge is -2.29. The summed E-state index contributed by atoms with van der Waals surface area (Å²) < 4.78 is 53.9. The van der Waals surface area contributed by atoms with Crippen molar-refractivity contribution in [2.75, 3.05) is 0 Å². The molecule has 5 rings (SSSR count). The van der Waals surface area contributed by atoms with Crippen LogP contribution in [0.25, 0.3) is 0 Å². The molecule has 33 heavy (non-hydrogen) atoms. The molecule has 0 bridgehead atoms. The number of nitrogens with one attached hydrogen (secondary N) is 1. The fourth-order valence-electron chi connectivity index (χ4n) is 4.86. The number of amides is 2. The molecule has 0 aromatic heterocycles.